The van der Waals surface area contributed by atoms with E-state index < -0.39 is 0 Å². The van der Waals surface area contributed by atoms with Crippen LogP contribution in [0.2, 0.25) is 0 Å². The summed E-state index contributed by atoms with van der Waals surface area (Å²) < 4.78 is 11.0. The van der Waals surface area contributed by atoms with Crippen molar-refractivity contribution in [3.63, 3.8) is 0 Å². The summed E-state index contributed by atoms with van der Waals surface area (Å²) in [4.78, 5) is 32.9. The minimum atomic E-state index is -0.295. The van der Waals surface area contributed by atoms with Crippen LogP contribution in [0.25, 0.3) is 0 Å². The Morgan fingerprint density at radius 1 is 1.00 bits per heavy atom. The number of rotatable bonds is 5. The number of hydrogen-bond donors (Lipinski definition) is 0. The van der Waals surface area contributed by atoms with Crippen LogP contribution in [-0.2, 0) is 16.8 Å². The Morgan fingerprint density at radius 2 is 1.73 bits per heavy atom. The van der Waals surface area contributed by atoms with E-state index in [4.69, 9.17) is 9.47 Å². The molecule has 5 rings (SSSR count). The van der Waals surface area contributed by atoms with Crippen molar-refractivity contribution < 1.29 is 19.1 Å². The van der Waals surface area contributed by atoms with E-state index in [2.05, 4.69) is 31.8 Å². The molecule has 0 fully saturated rings. The van der Waals surface area contributed by atoms with E-state index in [1.807, 2.05) is 68.5 Å². The van der Waals surface area contributed by atoms with Gasteiger partial charge in [-0.1, -0.05) is 56.7 Å². The van der Waals surface area contributed by atoms with Gasteiger partial charge in [-0.05, 0) is 66.3 Å². The second-order valence-electron chi connectivity index (χ2n) is 11.0. The quantitative estimate of drug-likeness (QED) is 0.526. The highest BCUT2D eigenvalue weighted by Crippen LogP contribution is 2.33. The second-order valence-corrected chi connectivity index (χ2v) is 11.0. The lowest BCUT2D eigenvalue weighted by atomic mass is 9.84. The lowest BCUT2D eigenvalue weighted by Crippen LogP contribution is -2.35. The molecular weight excluding hydrogens is 464 g/mol. The third-order valence-corrected chi connectivity index (χ3v) is 6.97. The number of amides is 2. The fourth-order valence-electron chi connectivity index (χ4n) is 4.91. The Morgan fingerprint density at radius 3 is 2.46 bits per heavy atom. The number of hydrogen-bond acceptors (Lipinski definition) is 4. The van der Waals surface area contributed by atoms with Crippen molar-refractivity contribution in [1.82, 2.24) is 4.90 Å². The minimum absolute atomic E-state index is 0.0129. The fourth-order valence-corrected chi connectivity index (χ4v) is 4.91. The van der Waals surface area contributed by atoms with Gasteiger partial charge in [-0.2, -0.15) is 0 Å². The van der Waals surface area contributed by atoms with Crippen LogP contribution in [0, 0.1) is 5.92 Å². The van der Waals surface area contributed by atoms with Crippen LogP contribution >= 0.6 is 0 Å². The molecule has 2 aromatic carbocycles. The van der Waals surface area contributed by atoms with E-state index >= 15 is 0 Å². The molecule has 37 heavy (non-hydrogen) atoms. The first-order valence-corrected chi connectivity index (χ1v) is 12.6. The number of allylic oxidation sites excluding steroid dienone is 5. The van der Waals surface area contributed by atoms with Gasteiger partial charge in [0.2, 0.25) is 6.79 Å². The normalized spacial score (nSPS) is 18.4. The molecule has 1 aliphatic carbocycles. The molecule has 0 N–H and O–H groups in total. The predicted molar refractivity (Wildman–Crippen MR) is 144 cm³/mol. The van der Waals surface area contributed by atoms with Crippen LogP contribution in [0.4, 0.5) is 0 Å². The Bertz CT molecular complexity index is 1390. The molecule has 0 aromatic heterocycles. The van der Waals surface area contributed by atoms with Gasteiger partial charge in [0.05, 0.1) is 12.3 Å². The van der Waals surface area contributed by atoms with Crippen LogP contribution in [0.15, 0.2) is 82.4 Å². The average Bonchev–Trinajstić information content (AvgIpc) is 3.31. The highest BCUT2D eigenvalue weighted by molar-refractivity contribution is 6.14. The van der Waals surface area contributed by atoms with Gasteiger partial charge in [0.25, 0.3) is 11.8 Å². The lowest BCUT2D eigenvalue weighted by molar-refractivity contribution is -0.114. The topological polar surface area (TPSA) is 68.2 Å². The molecule has 0 saturated carbocycles. The summed E-state index contributed by atoms with van der Waals surface area (Å²) in [6.45, 7) is 11.1. The molecular formula is C31H32N2O4. The summed E-state index contributed by atoms with van der Waals surface area (Å²) in [5, 5.41) is 0. The van der Waals surface area contributed by atoms with E-state index in [9.17, 15) is 9.59 Å². The molecule has 0 spiro atoms. The highest BCUT2D eigenvalue weighted by atomic mass is 16.7. The molecule has 190 valence electrons. The molecule has 2 amide bonds. The van der Waals surface area contributed by atoms with Crippen molar-refractivity contribution in [3.8, 4) is 11.5 Å². The summed E-state index contributed by atoms with van der Waals surface area (Å²) in [6, 6.07) is 13.4. The number of carbonyl (C=O) groups excluding carboxylic acids is 2. The molecule has 2 heterocycles. The van der Waals surface area contributed by atoms with Gasteiger partial charge in [0.15, 0.2) is 11.5 Å². The number of carbonyl (C=O) groups is 2. The Labute approximate surface area is 218 Å². The zero-order valence-corrected chi connectivity index (χ0v) is 22.0. The first-order chi connectivity index (χ1) is 17.6. The van der Waals surface area contributed by atoms with E-state index in [1.165, 1.54) is 0 Å². The molecule has 3 aliphatic rings. The molecule has 1 atom stereocenters. The molecule has 2 aliphatic heterocycles. The summed E-state index contributed by atoms with van der Waals surface area (Å²) in [7, 11) is 0. The molecule has 1 unspecified atom stereocenters. The van der Waals surface area contributed by atoms with Gasteiger partial charge in [-0.15, -0.1) is 0 Å². The minimum Gasteiger partial charge on any atom is -0.454 e. The van der Waals surface area contributed by atoms with Crippen molar-refractivity contribution >= 4 is 17.5 Å². The Hall–Kier alpha value is -3.93. The number of nitrogens with zero attached hydrogens (tertiary/aromatic N) is 2. The van der Waals surface area contributed by atoms with Crippen molar-refractivity contribution in [2.75, 3.05) is 13.3 Å². The van der Waals surface area contributed by atoms with Crippen LogP contribution in [-0.4, -0.2) is 35.8 Å². The third-order valence-electron chi connectivity index (χ3n) is 6.97. The number of fused-ring (bicyclic) bond motifs is 2. The van der Waals surface area contributed by atoms with Crippen molar-refractivity contribution in [2.45, 2.75) is 46.6 Å². The van der Waals surface area contributed by atoms with Crippen LogP contribution in [0.3, 0.4) is 0 Å². The number of ether oxygens (including phenoxy) is 2. The van der Waals surface area contributed by atoms with Gasteiger partial charge in [-0.3, -0.25) is 9.59 Å². The molecule has 6 nitrogen and oxygen atoms in total. The zero-order valence-electron chi connectivity index (χ0n) is 22.0. The van der Waals surface area contributed by atoms with E-state index in [-0.39, 0.29) is 36.5 Å². The Balaban J connectivity index is 1.45. The van der Waals surface area contributed by atoms with E-state index in [0.717, 1.165) is 28.0 Å². The first kappa shape index (κ1) is 24.8. The fraction of sp³-hybridized carbons (Fsp3) is 0.323. The van der Waals surface area contributed by atoms with Crippen molar-refractivity contribution in [3.05, 3.63) is 94.1 Å². The first-order valence-electron chi connectivity index (χ1n) is 12.6. The van der Waals surface area contributed by atoms with E-state index in [1.54, 1.807) is 4.90 Å². The van der Waals surface area contributed by atoms with Crippen LogP contribution in [0.5, 0.6) is 11.5 Å². The average molecular weight is 497 g/mol. The second kappa shape index (κ2) is 9.51. The lowest BCUT2D eigenvalue weighted by Gasteiger charge is -2.28. The summed E-state index contributed by atoms with van der Waals surface area (Å²) in [5.74, 6) is 0.857. The zero-order chi connectivity index (χ0) is 26.3. The maximum Gasteiger partial charge on any atom is 0.274 e. The molecule has 0 bridgehead atoms. The van der Waals surface area contributed by atoms with Gasteiger partial charge in [0, 0.05) is 23.6 Å². The standard InChI is InChI=1S/C31H32N2O4/c1-19-12-20(2)25-15-23(29(34)32-26(25)13-19)17-33(16-21-6-11-27-28(14-21)37-18-36-27)30(35)22-7-9-24(10-8-22)31(3,4)5/h6-15,25H,16-18H2,1-5H3. The van der Waals surface area contributed by atoms with Gasteiger partial charge >= 0.3 is 0 Å². The molecule has 0 radical (unpaired) electrons. The molecule has 6 heteroatoms. The van der Waals surface area contributed by atoms with Crippen molar-refractivity contribution in [2.24, 2.45) is 10.9 Å². The van der Waals surface area contributed by atoms with Crippen molar-refractivity contribution in [1.29, 1.82) is 0 Å². The van der Waals surface area contributed by atoms with Crippen LogP contribution < -0.4 is 9.47 Å². The number of dihydropyridines is 1. The Kier molecular flexibility index (Phi) is 6.36. The maximum absolute atomic E-state index is 13.8. The summed E-state index contributed by atoms with van der Waals surface area (Å²) in [6.07, 6.45) is 6.02. The van der Waals surface area contributed by atoms with Gasteiger partial charge in [-0.25, -0.2) is 4.99 Å². The number of benzene rings is 2. The smallest absolute Gasteiger partial charge is 0.274 e. The summed E-state index contributed by atoms with van der Waals surface area (Å²) >= 11 is 0. The largest absolute Gasteiger partial charge is 0.454 e. The monoisotopic (exact) mass is 496 g/mol. The SMILES string of the molecule is CC1=CC2=NC(=O)C(CN(Cc3ccc4c(c3)OCO4)C(=O)c3ccc(C(C)(C)C)cc3)=CC2C(C)=C1. The van der Waals surface area contributed by atoms with Gasteiger partial charge < -0.3 is 14.4 Å². The maximum atomic E-state index is 13.8. The predicted octanol–water partition coefficient (Wildman–Crippen LogP) is 5.79. The number of aliphatic imine (C=N–C) groups is 1. The molecule has 2 aromatic rings. The van der Waals surface area contributed by atoms with E-state index in [0.29, 0.717) is 29.2 Å². The van der Waals surface area contributed by atoms with Crippen LogP contribution in [0.1, 0.15) is 56.1 Å². The summed E-state index contributed by atoms with van der Waals surface area (Å²) in [5.41, 5.74) is 6.11. The van der Waals surface area contributed by atoms with Gasteiger partial charge in [0.1, 0.15) is 0 Å². The highest BCUT2D eigenvalue weighted by Gasteiger charge is 2.29. The molecule has 0 saturated heterocycles. The third kappa shape index (κ3) is 5.15.